The molecular formula is C11H29N3OSi. The van der Waals surface area contributed by atoms with E-state index in [9.17, 15) is 0 Å². The molecule has 3 N–H and O–H groups in total. The van der Waals surface area contributed by atoms with Gasteiger partial charge in [0.05, 0.1) is 6.73 Å². The maximum absolute atomic E-state index is 5.78. The third-order valence-electron chi connectivity index (χ3n) is 2.32. The zero-order valence-corrected chi connectivity index (χ0v) is 12.3. The summed E-state index contributed by atoms with van der Waals surface area (Å²) in [7, 11) is -1.39. The van der Waals surface area contributed by atoms with Crippen molar-refractivity contribution >= 4 is 9.36 Å². The van der Waals surface area contributed by atoms with Crippen molar-refractivity contribution in [2.24, 2.45) is 0 Å². The minimum atomic E-state index is -1.39. The maximum Gasteiger partial charge on any atom is 0.336 e. The first-order chi connectivity index (χ1) is 7.85. The minimum absolute atomic E-state index is 0.658. The molecule has 16 heavy (non-hydrogen) atoms. The maximum atomic E-state index is 5.78. The Morgan fingerprint density at radius 2 is 1.50 bits per heavy atom. The van der Waals surface area contributed by atoms with Crippen LogP contribution in [0.15, 0.2) is 0 Å². The normalized spacial score (nSPS) is 11.2. The highest BCUT2D eigenvalue weighted by Gasteiger charge is 2.09. The van der Waals surface area contributed by atoms with Crippen LogP contribution in [0.2, 0.25) is 0 Å². The second-order valence-corrected chi connectivity index (χ2v) is 5.82. The van der Waals surface area contributed by atoms with Gasteiger partial charge in [-0.2, -0.15) is 0 Å². The van der Waals surface area contributed by atoms with E-state index in [-0.39, 0.29) is 0 Å². The zero-order valence-electron chi connectivity index (χ0n) is 11.1. The van der Waals surface area contributed by atoms with E-state index in [0.29, 0.717) is 6.73 Å². The molecule has 0 heterocycles. The molecule has 0 unspecified atom stereocenters. The summed E-state index contributed by atoms with van der Waals surface area (Å²) < 4.78 is 5.78. The molecule has 0 aromatic carbocycles. The second-order valence-electron chi connectivity index (χ2n) is 3.91. The lowest BCUT2D eigenvalue weighted by molar-refractivity contribution is 0.273. The third-order valence-corrected chi connectivity index (χ3v) is 4.14. The summed E-state index contributed by atoms with van der Waals surface area (Å²) in [4.78, 5) is 7.01. The van der Waals surface area contributed by atoms with Gasteiger partial charge in [0.25, 0.3) is 0 Å². The van der Waals surface area contributed by atoms with Crippen LogP contribution in [0.4, 0.5) is 0 Å². The molecule has 0 bridgehead atoms. The fourth-order valence-electron chi connectivity index (χ4n) is 1.25. The van der Waals surface area contributed by atoms with Crippen LogP contribution in [0.1, 0.15) is 46.5 Å². The number of rotatable bonds is 12. The van der Waals surface area contributed by atoms with Crippen LogP contribution in [0, 0.1) is 0 Å². The van der Waals surface area contributed by atoms with Gasteiger partial charge in [-0.15, -0.1) is 0 Å². The van der Waals surface area contributed by atoms with Crippen molar-refractivity contribution in [3.05, 3.63) is 0 Å². The molecule has 0 saturated heterocycles. The van der Waals surface area contributed by atoms with E-state index in [0.717, 1.165) is 19.6 Å². The van der Waals surface area contributed by atoms with E-state index in [1.165, 1.54) is 25.7 Å². The molecule has 0 amide bonds. The highest BCUT2D eigenvalue weighted by Crippen LogP contribution is 1.87. The van der Waals surface area contributed by atoms with Crippen LogP contribution in [0.3, 0.4) is 0 Å². The van der Waals surface area contributed by atoms with E-state index < -0.39 is 9.36 Å². The van der Waals surface area contributed by atoms with Gasteiger partial charge in [-0.05, 0) is 32.5 Å². The van der Waals surface area contributed by atoms with Crippen molar-refractivity contribution in [1.82, 2.24) is 15.3 Å². The van der Waals surface area contributed by atoms with Crippen molar-refractivity contribution in [2.75, 3.05) is 26.4 Å². The first-order valence-electron chi connectivity index (χ1n) is 6.64. The van der Waals surface area contributed by atoms with Crippen molar-refractivity contribution in [2.45, 2.75) is 46.5 Å². The van der Waals surface area contributed by atoms with E-state index in [2.05, 4.69) is 36.1 Å². The third kappa shape index (κ3) is 10.6. The lowest BCUT2D eigenvalue weighted by atomic mass is 10.3. The first kappa shape index (κ1) is 16.1. The molecule has 0 aliphatic carbocycles. The Hall–Kier alpha value is 0.0569. The van der Waals surface area contributed by atoms with Gasteiger partial charge < -0.3 is 14.4 Å². The highest BCUT2D eigenvalue weighted by molar-refractivity contribution is 6.45. The molecule has 0 aromatic rings. The largest absolute Gasteiger partial charge is 0.381 e. The van der Waals surface area contributed by atoms with Gasteiger partial charge in [0.15, 0.2) is 0 Å². The summed E-state index contributed by atoms with van der Waals surface area (Å²) in [5.74, 6) is 0. The van der Waals surface area contributed by atoms with Crippen LogP contribution >= 0.6 is 0 Å². The Morgan fingerprint density at radius 3 is 1.94 bits per heavy atom. The lowest BCUT2D eigenvalue weighted by Gasteiger charge is -2.18. The standard InChI is InChI=1S/C11H29N3OSi/c1-4-7-9-13-16(14-10-8-5-2)15-11-12-6-3/h12-14,16H,4-11H2,1-3H3. The Labute approximate surface area is 102 Å². The van der Waals surface area contributed by atoms with Crippen LogP contribution < -0.4 is 15.3 Å². The number of hydrogen-bond acceptors (Lipinski definition) is 4. The van der Waals surface area contributed by atoms with Crippen LogP contribution in [-0.4, -0.2) is 35.7 Å². The first-order valence-corrected chi connectivity index (χ1v) is 8.26. The molecule has 0 atom stereocenters. The predicted octanol–water partition coefficient (Wildman–Crippen LogP) is 1.07. The van der Waals surface area contributed by atoms with Crippen molar-refractivity contribution < 1.29 is 4.43 Å². The summed E-state index contributed by atoms with van der Waals surface area (Å²) in [6, 6.07) is 0. The molecule has 0 radical (unpaired) electrons. The molecule has 98 valence electrons. The van der Waals surface area contributed by atoms with Crippen molar-refractivity contribution in [3.8, 4) is 0 Å². The van der Waals surface area contributed by atoms with E-state index >= 15 is 0 Å². The molecule has 5 heteroatoms. The lowest BCUT2D eigenvalue weighted by Crippen LogP contribution is -2.51. The second kappa shape index (κ2) is 13.1. The molecule has 0 aliphatic heterocycles. The molecule has 0 fully saturated rings. The van der Waals surface area contributed by atoms with Gasteiger partial charge in [0.1, 0.15) is 0 Å². The molecule has 0 aliphatic rings. The Morgan fingerprint density at radius 1 is 0.938 bits per heavy atom. The Kier molecular flexibility index (Phi) is 13.2. The molecule has 0 spiro atoms. The highest BCUT2D eigenvalue weighted by atomic mass is 28.3. The summed E-state index contributed by atoms with van der Waals surface area (Å²) in [5.41, 5.74) is 0. The van der Waals surface area contributed by atoms with Crippen molar-refractivity contribution in [3.63, 3.8) is 0 Å². The van der Waals surface area contributed by atoms with E-state index in [4.69, 9.17) is 4.43 Å². The average molecular weight is 247 g/mol. The van der Waals surface area contributed by atoms with Gasteiger partial charge in [0, 0.05) is 0 Å². The number of nitrogens with one attached hydrogen (secondary N) is 3. The fraction of sp³-hybridized carbons (Fsp3) is 1.00. The SMILES string of the molecule is CCCCN[SiH](NCCCC)OCNCC. The molecule has 0 aromatic heterocycles. The van der Waals surface area contributed by atoms with E-state index in [1.54, 1.807) is 0 Å². The fourth-order valence-corrected chi connectivity index (χ4v) is 2.85. The van der Waals surface area contributed by atoms with Crippen LogP contribution in [0.5, 0.6) is 0 Å². The van der Waals surface area contributed by atoms with Crippen LogP contribution in [-0.2, 0) is 4.43 Å². The number of hydrogen-bond donors (Lipinski definition) is 3. The number of unbranched alkanes of at least 4 members (excludes halogenated alkanes) is 2. The average Bonchev–Trinajstić information content (AvgIpc) is 2.29. The summed E-state index contributed by atoms with van der Waals surface area (Å²) in [6.07, 6.45) is 4.92. The van der Waals surface area contributed by atoms with Gasteiger partial charge in [-0.3, -0.25) is 5.32 Å². The zero-order chi connectivity index (χ0) is 12.1. The quantitative estimate of drug-likeness (QED) is 0.274. The Balaban J connectivity index is 3.58. The minimum Gasteiger partial charge on any atom is -0.381 e. The molecule has 4 nitrogen and oxygen atoms in total. The van der Waals surface area contributed by atoms with Crippen LogP contribution in [0.25, 0.3) is 0 Å². The van der Waals surface area contributed by atoms with Gasteiger partial charge >= 0.3 is 9.36 Å². The molecular weight excluding hydrogens is 218 g/mol. The molecule has 0 saturated carbocycles. The molecule has 0 rings (SSSR count). The summed E-state index contributed by atoms with van der Waals surface area (Å²) in [6.45, 7) is 10.3. The van der Waals surface area contributed by atoms with Crippen molar-refractivity contribution in [1.29, 1.82) is 0 Å². The smallest absolute Gasteiger partial charge is 0.336 e. The monoisotopic (exact) mass is 247 g/mol. The van der Waals surface area contributed by atoms with Gasteiger partial charge in [-0.1, -0.05) is 33.6 Å². The Bertz CT molecular complexity index is 115. The van der Waals surface area contributed by atoms with E-state index in [1.807, 2.05) is 0 Å². The summed E-state index contributed by atoms with van der Waals surface area (Å²) >= 11 is 0. The van der Waals surface area contributed by atoms with Gasteiger partial charge in [0.2, 0.25) is 0 Å². The predicted molar refractivity (Wildman–Crippen MR) is 72.6 cm³/mol. The summed E-state index contributed by atoms with van der Waals surface area (Å²) in [5, 5.41) is 3.19. The van der Waals surface area contributed by atoms with Gasteiger partial charge in [-0.25, -0.2) is 0 Å². The topological polar surface area (TPSA) is 45.3 Å².